The van der Waals surface area contributed by atoms with E-state index >= 15 is 0 Å². The van der Waals surface area contributed by atoms with E-state index < -0.39 is 5.97 Å². The molecule has 16 heavy (non-hydrogen) atoms. The summed E-state index contributed by atoms with van der Waals surface area (Å²) in [5.74, 6) is -0.405. The number of rotatable bonds is 5. The summed E-state index contributed by atoms with van der Waals surface area (Å²) in [6, 6.07) is 0.542. The molecule has 2 N–H and O–H groups in total. The molecule has 2 rings (SSSR count). The third-order valence-corrected chi connectivity index (χ3v) is 4.07. The fourth-order valence-electron chi connectivity index (χ4n) is 2.85. The molecule has 2 atom stereocenters. The van der Waals surface area contributed by atoms with E-state index in [1.165, 1.54) is 0 Å². The molecular formula is C12H21NO3. The van der Waals surface area contributed by atoms with Gasteiger partial charge < -0.3 is 15.2 Å². The lowest BCUT2D eigenvalue weighted by molar-refractivity contribution is -0.142. The van der Waals surface area contributed by atoms with E-state index in [0.717, 1.165) is 38.6 Å². The first-order chi connectivity index (χ1) is 7.70. The molecule has 0 aromatic heterocycles. The first-order valence-electron chi connectivity index (χ1n) is 6.19. The number of carboxylic acids is 1. The van der Waals surface area contributed by atoms with Gasteiger partial charge in [-0.1, -0.05) is 6.42 Å². The molecule has 0 amide bonds. The maximum absolute atomic E-state index is 11.0. The van der Waals surface area contributed by atoms with Crippen molar-refractivity contribution < 1.29 is 14.6 Å². The van der Waals surface area contributed by atoms with Crippen LogP contribution in [0.25, 0.3) is 0 Å². The van der Waals surface area contributed by atoms with Gasteiger partial charge in [-0.2, -0.15) is 0 Å². The Morgan fingerprint density at radius 2 is 2.19 bits per heavy atom. The molecular weight excluding hydrogens is 206 g/mol. The molecule has 2 aliphatic rings. The summed E-state index contributed by atoms with van der Waals surface area (Å²) in [4.78, 5) is 11.0. The Kier molecular flexibility index (Phi) is 3.82. The lowest BCUT2D eigenvalue weighted by Gasteiger charge is -2.35. The van der Waals surface area contributed by atoms with Gasteiger partial charge in [-0.25, -0.2) is 0 Å². The number of aliphatic carboxylic acids is 1. The molecule has 92 valence electrons. The first kappa shape index (κ1) is 11.9. The molecule has 0 spiro atoms. The molecule has 0 heterocycles. The normalized spacial score (nSPS) is 38.3. The van der Waals surface area contributed by atoms with Crippen molar-refractivity contribution in [1.82, 2.24) is 5.32 Å². The molecule has 2 aliphatic carbocycles. The SMILES string of the molecule is COC1CC(NCC2CCCC2C(=O)O)C1. The average molecular weight is 227 g/mol. The highest BCUT2D eigenvalue weighted by Gasteiger charge is 2.34. The fourth-order valence-corrected chi connectivity index (χ4v) is 2.85. The predicted octanol–water partition coefficient (Wildman–Crippen LogP) is 1.25. The maximum Gasteiger partial charge on any atom is 0.306 e. The maximum atomic E-state index is 11.0. The Bertz CT molecular complexity index is 251. The second-order valence-electron chi connectivity index (χ2n) is 5.07. The lowest BCUT2D eigenvalue weighted by atomic mass is 9.88. The van der Waals surface area contributed by atoms with Crippen LogP contribution in [0.1, 0.15) is 32.1 Å². The fraction of sp³-hybridized carbons (Fsp3) is 0.917. The van der Waals surface area contributed by atoms with E-state index in [-0.39, 0.29) is 5.92 Å². The van der Waals surface area contributed by atoms with Crippen LogP contribution in [0.4, 0.5) is 0 Å². The van der Waals surface area contributed by atoms with Crippen molar-refractivity contribution in [3.8, 4) is 0 Å². The zero-order chi connectivity index (χ0) is 11.5. The average Bonchev–Trinajstić information content (AvgIpc) is 2.64. The molecule has 4 nitrogen and oxygen atoms in total. The molecule has 0 aromatic rings. The van der Waals surface area contributed by atoms with Crippen LogP contribution in [-0.4, -0.2) is 36.9 Å². The highest BCUT2D eigenvalue weighted by Crippen LogP contribution is 2.32. The second kappa shape index (κ2) is 5.15. The summed E-state index contributed by atoms with van der Waals surface area (Å²) in [5, 5.41) is 12.5. The summed E-state index contributed by atoms with van der Waals surface area (Å²) in [6.45, 7) is 0.859. The van der Waals surface area contributed by atoms with Crippen molar-refractivity contribution >= 4 is 5.97 Å². The van der Waals surface area contributed by atoms with E-state index in [1.54, 1.807) is 7.11 Å². The number of ether oxygens (including phenoxy) is 1. The minimum Gasteiger partial charge on any atom is -0.481 e. The zero-order valence-electron chi connectivity index (χ0n) is 9.82. The van der Waals surface area contributed by atoms with Crippen LogP contribution >= 0.6 is 0 Å². The molecule has 2 fully saturated rings. The van der Waals surface area contributed by atoms with Gasteiger partial charge in [0.15, 0.2) is 0 Å². The number of carboxylic acid groups (broad SMARTS) is 1. The predicted molar refractivity (Wildman–Crippen MR) is 60.3 cm³/mol. The highest BCUT2D eigenvalue weighted by molar-refractivity contribution is 5.70. The standard InChI is InChI=1S/C12H21NO3/c1-16-10-5-9(6-10)13-7-8-3-2-4-11(8)12(14)15/h8-11,13H,2-7H2,1H3,(H,14,15). The van der Waals surface area contributed by atoms with Crippen molar-refractivity contribution in [1.29, 1.82) is 0 Å². The quantitative estimate of drug-likeness (QED) is 0.742. The Morgan fingerprint density at radius 3 is 2.81 bits per heavy atom. The Labute approximate surface area is 96.4 Å². The minimum atomic E-state index is -0.618. The Morgan fingerprint density at radius 1 is 1.44 bits per heavy atom. The molecule has 0 bridgehead atoms. The third kappa shape index (κ3) is 2.55. The molecule has 0 aliphatic heterocycles. The molecule has 2 unspecified atom stereocenters. The molecule has 4 heteroatoms. The number of nitrogens with one attached hydrogen (secondary N) is 1. The van der Waals surface area contributed by atoms with Crippen LogP contribution in [0.2, 0.25) is 0 Å². The largest absolute Gasteiger partial charge is 0.481 e. The van der Waals surface area contributed by atoms with E-state index in [9.17, 15) is 4.79 Å². The van der Waals surface area contributed by atoms with Gasteiger partial charge in [-0.3, -0.25) is 4.79 Å². The van der Waals surface area contributed by atoms with Crippen molar-refractivity contribution in [3.05, 3.63) is 0 Å². The monoisotopic (exact) mass is 227 g/mol. The van der Waals surface area contributed by atoms with Crippen molar-refractivity contribution in [2.24, 2.45) is 11.8 Å². The molecule has 0 saturated heterocycles. The van der Waals surface area contributed by atoms with Gasteiger partial charge in [-0.05, 0) is 38.1 Å². The van der Waals surface area contributed by atoms with Gasteiger partial charge in [0.1, 0.15) is 0 Å². The van der Waals surface area contributed by atoms with Crippen molar-refractivity contribution in [3.63, 3.8) is 0 Å². The smallest absolute Gasteiger partial charge is 0.306 e. The Hall–Kier alpha value is -0.610. The lowest BCUT2D eigenvalue weighted by Crippen LogP contribution is -2.47. The van der Waals surface area contributed by atoms with Crippen LogP contribution < -0.4 is 5.32 Å². The zero-order valence-corrected chi connectivity index (χ0v) is 9.82. The second-order valence-corrected chi connectivity index (χ2v) is 5.07. The van der Waals surface area contributed by atoms with Crippen molar-refractivity contribution in [2.75, 3.05) is 13.7 Å². The van der Waals surface area contributed by atoms with E-state index in [4.69, 9.17) is 9.84 Å². The number of hydrogen-bond acceptors (Lipinski definition) is 3. The van der Waals surface area contributed by atoms with Gasteiger partial charge in [0, 0.05) is 13.2 Å². The minimum absolute atomic E-state index is 0.120. The summed E-state index contributed by atoms with van der Waals surface area (Å²) in [5.41, 5.74) is 0. The number of methoxy groups -OCH3 is 1. The molecule has 2 saturated carbocycles. The topological polar surface area (TPSA) is 58.6 Å². The van der Waals surface area contributed by atoms with Gasteiger partial charge in [0.2, 0.25) is 0 Å². The van der Waals surface area contributed by atoms with E-state index in [2.05, 4.69) is 5.32 Å². The Balaban J connectivity index is 1.68. The first-order valence-corrected chi connectivity index (χ1v) is 6.19. The summed E-state index contributed by atoms with van der Waals surface area (Å²) < 4.78 is 5.21. The van der Waals surface area contributed by atoms with Gasteiger partial charge >= 0.3 is 5.97 Å². The van der Waals surface area contributed by atoms with Gasteiger partial charge in [0.05, 0.1) is 12.0 Å². The van der Waals surface area contributed by atoms with Crippen LogP contribution in [0.15, 0.2) is 0 Å². The summed E-state index contributed by atoms with van der Waals surface area (Å²) in [7, 11) is 1.75. The molecule has 0 aromatic carbocycles. The number of carbonyl (C=O) groups is 1. The van der Waals surface area contributed by atoms with E-state index in [0.29, 0.717) is 18.1 Å². The van der Waals surface area contributed by atoms with Crippen LogP contribution in [0.3, 0.4) is 0 Å². The van der Waals surface area contributed by atoms with Crippen LogP contribution in [0.5, 0.6) is 0 Å². The number of hydrogen-bond donors (Lipinski definition) is 2. The van der Waals surface area contributed by atoms with Gasteiger partial charge in [0.25, 0.3) is 0 Å². The highest BCUT2D eigenvalue weighted by atomic mass is 16.5. The van der Waals surface area contributed by atoms with E-state index in [1.807, 2.05) is 0 Å². The van der Waals surface area contributed by atoms with Gasteiger partial charge in [-0.15, -0.1) is 0 Å². The van der Waals surface area contributed by atoms with Crippen LogP contribution in [-0.2, 0) is 9.53 Å². The third-order valence-electron chi connectivity index (χ3n) is 4.07. The van der Waals surface area contributed by atoms with Crippen molar-refractivity contribution in [2.45, 2.75) is 44.2 Å². The summed E-state index contributed by atoms with van der Waals surface area (Å²) >= 11 is 0. The molecule has 0 radical (unpaired) electrons. The van der Waals surface area contributed by atoms with Crippen LogP contribution in [0, 0.1) is 11.8 Å². The summed E-state index contributed by atoms with van der Waals surface area (Å²) in [6.07, 6.45) is 5.53.